The van der Waals surface area contributed by atoms with Gasteiger partial charge in [-0.2, -0.15) is 0 Å². The molecular formula is C14H28N4O2. The number of hydrogen-bond donors (Lipinski definition) is 3. The van der Waals surface area contributed by atoms with Crippen molar-refractivity contribution in [1.29, 1.82) is 0 Å². The van der Waals surface area contributed by atoms with E-state index >= 15 is 0 Å². The molecule has 0 aromatic rings. The minimum absolute atomic E-state index is 0.249. The van der Waals surface area contributed by atoms with Gasteiger partial charge in [0.1, 0.15) is 0 Å². The fourth-order valence-corrected chi connectivity index (χ4v) is 2.76. The van der Waals surface area contributed by atoms with E-state index in [1.165, 1.54) is 7.05 Å². The molecule has 0 saturated heterocycles. The molecule has 0 bridgehead atoms. The highest BCUT2D eigenvalue weighted by Crippen LogP contribution is 2.23. The maximum Gasteiger partial charge on any atom is 0.321 e. The maximum absolute atomic E-state index is 11.9. The first-order valence-corrected chi connectivity index (χ1v) is 7.47. The first-order valence-electron chi connectivity index (χ1n) is 7.47. The second-order valence-electron chi connectivity index (χ2n) is 5.47. The number of hydrogen-bond acceptors (Lipinski definition) is 4. The van der Waals surface area contributed by atoms with Gasteiger partial charge in [-0.05, 0) is 46.2 Å². The van der Waals surface area contributed by atoms with E-state index in [2.05, 4.69) is 27.8 Å². The highest BCUT2D eigenvalue weighted by atomic mass is 16.2. The molecule has 116 valence electrons. The van der Waals surface area contributed by atoms with Crippen LogP contribution in [0, 0.1) is 0 Å². The molecule has 1 atom stereocenters. The average molecular weight is 284 g/mol. The number of amides is 3. The topological polar surface area (TPSA) is 73.5 Å². The lowest BCUT2D eigenvalue weighted by Gasteiger charge is -2.37. The summed E-state index contributed by atoms with van der Waals surface area (Å²) in [4.78, 5) is 25.2. The molecule has 1 rings (SSSR count). The Bertz CT molecular complexity index is 327. The summed E-state index contributed by atoms with van der Waals surface area (Å²) in [5.74, 6) is -0.249. The van der Waals surface area contributed by atoms with E-state index < -0.39 is 6.03 Å². The van der Waals surface area contributed by atoms with Gasteiger partial charge in [0.05, 0.1) is 6.04 Å². The lowest BCUT2D eigenvalue weighted by Crippen LogP contribution is -2.52. The van der Waals surface area contributed by atoms with Crippen molar-refractivity contribution in [2.75, 3.05) is 20.6 Å². The normalized spacial score (nSPS) is 24.2. The van der Waals surface area contributed by atoms with E-state index in [4.69, 9.17) is 0 Å². The van der Waals surface area contributed by atoms with Crippen LogP contribution in [0.15, 0.2) is 0 Å². The summed E-state index contributed by atoms with van der Waals surface area (Å²) in [5.41, 5.74) is 0. The minimum atomic E-state index is -0.453. The molecule has 3 amide bonds. The monoisotopic (exact) mass is 284 g/mol. The summed E-state index contributed by atoms with van der Waals surface area (Å²) in [7, 11) is 3.46. The van der Waals surface area contributed by atoms with E-state index in [1.54, 1.807) is 0 Å². The van der Waals surface area contributed by atoms with Crippen molar-refractivity contribution in [3.8, 4) is 0 Å². The third-order valence-corrected chi connectivity index (χ3v) is 4.22. The molecular weight excluding hydrogens is 256 g/mol. The van der Waals surface area contributed by atoms with Crippen LogP contribution in [-0.2, 0) is 4.79 Å². The summed E-state index contributed by atoms with van der Waals surface area (Å²) in [6.45, 7) is 4.98. The largest absolute Gasteiger partial charge is 0.341 e. The summed E-state index contributed by atoms with van der Waals surface area (Å²) in [6, 6.07) is 0.272. The van der Waals surface area contributed by atoms with Crippen LogP contribution in [0.2, 0.25) is 0 Å². The van der Waals surface area contributed by atoms with E-state index in [-0.39, 0.29) is 11.9 Å². The summed E-state index contributed by atoms with van der Waals surface area (Å²) in [6.07, 6.45) is 4.47. The Labute approximate surface area is 121 Å². The predicted octanol–water partition coefficient (Wildman–Crippen LogP) is 0.683. The second-order valence-corrected chi connectivity index (χ2v) is 5.47. The number of carbonyl (C=O) groups excluding carboxylic acids is 2. The molecule has 20 heavy (non-hydrogen) atoms. The predicted molar refractivity (Wildman–Crippen MR) is 79.5 cm³/mol. The zero-order chi connectivity index (χ0) is 15.1. The molecule has 6 heteroatoms. The number of likely N-dealkylation sites (N-methyl/N-ethyl adjacent to an activating group) is 1. The number of nitrogens with one attached hydrogen (secondary N) is 3. The number of rotatable bonds is 5. The first kappa shape index (κ1) is 16.9. The van der Waals surface area contributed by atoms with Crippen molar-refractivity contribution in [3.63, 3.8) is 0 Å². The van der Waals surface area contributed by atoms with Gasteiger partial charge in [-0.15, -0.1) is 0 Å². The molecule has 1 fully saturated rings. The van der Waals surface area contributed by atoms with Gasteiger partial charge < -0.3 is 10.6 Å². The minimum Gasteiger partial charge on any atom is -0.341 e. The Kier molecular flexibility index (Phi) is 6.95. The van der Waals surface area contributed by atoms with Crippen LogP contribution in [-0.4, -0.2) is 55.6 Å². The third-order valence-electron chi connectivity index (χ3n) is 4.22. The van der Waals surface area contributed by atoms with Crippen LogP contribution in [0.3, 0.4) is 0 Å². The molecule has 3 N–H and O–H groups in total. The summed E-state index contributed by atoms with van der Waals surface area (Å²) < 4.78 is 0. The SMILES string of the molecule is CCNC1CCC(N(C)C(C)C(=O)NC(=O)NC)CC1. The quantitative estimate of drug-likeness (QED) is 0.694. The smallest absolute Gasteiger partial charge is 0.321 e. The van der Waals surface area contributed by atoms with Crippen molar-refractivity contribution in [2.45, 2.75) is 57.7 Å². The van der Waals surface area contributed by atoms with Crippen LogP contribution in [0.4, 0.5) is 4.79 Å². The molecule has 0 aromatic carbocycles. The first-order chi connectivity index (χ1) is 9.49. The number of urea groups is 1. The summed E-state index contributed by atoms with van der Waals surface area (Å²) in [5, 5.41) is 8.21. The Morgan fingerprint density at radius 2 is 1.85 bits per heavy atom. The standard InChI is InChI=1S/C14H28N4O2/c1-5-16-11-6-8-12(9-7-11)18(4)10(2)13(19)17-14(20)15-3/h10-12,16H,5-9H2,1-4H3,(H2,15,17,19,20). The Morgan fingerprint density at radius 1 is 1.25 bits per heavy atom. The van der Waals surface area contributed by atoms with E-state index in [9.17, 15) is 9.59 Å². The highest BCUT2D eigenvalue weighted by molar-refractivity contribution is 5.96. The fourth-order valence-electron chi connectivity index (χ4n) is 2.76. The van der Waals surface area contributed by atoms with E-state index in [0.717, 1.165) is 32.2 Å². The molecule has 0 spiro atoms. The van der Waals surface area contributed by atoms with Gasteiger partial charge in [0.25, 0.3) is 0 Å². The molecule has 0 heterocycles. The van der Waals surface area contributed by atoms with Crippen LogP contribution < -0.4 is 16.0 Å². The summed E-state index contributed by atoms with van der Waals surface area (Å²) >= 11 is 0. The molecule has 0 aromatic heterocycles. The maximum atomic E-state index is 11.9. The van der Waals surface area contributed by atoms with Crippen LogP contribution >= 0.6 is 0 Å². The Balaban J connectivity index is 2.43. The molecule has 1 aliphatic rings. The van der Waals surface area contributed by atoms with Gasteiger partial charge >= 0.3 is 6.03 Å². The number of imide groups is 1. The average Bonchev–Trinajstić information content (AvgIpc) is 2.46. The van der Waals surface area contributed by atoms with Crippen LogP contribution in [0.25, 0.3) is 0 Å². The lowest BCUT2D eigenvalue weighted by molar-refractivity contribution is -0.125. The van der Waals surface area contributed by atoms with Crippen molar-refractivity contribution in [1.82, 2.24) is 20.9 Å². The molecule has 1 saturated carbocycles. The third kappa shape index (κ3) is 4.76. The molecule has 1 unspecified atom stereocenters. The van der Waals surface area contributed by atoms with Gasteiger partial charge in [-0.3, -0.25) is 15.0 Å². The number of nitrogens with zero attached hydrogens (tertiary/aromatic N) is 1. The van der Waals surface area contributed by atoms with Crippen LogP contribution in [0.5, 0.6) is 0 Å². The van der Waals surface area contributed by atoms with Crippen molar-refractivity contribution in [2.24, 2.45) is 0 Å². The Morgan fingerprint density at radius 3 is 2.35 bits per heavy atom. The fraction of sp³-hybridized carbons (Fsp3) is 0.857. The van der Waals surface area contributed by atoms with E-state index in [0.29, 0.717) is 12.1 Å². The molecule has 0 radical (unpaired) electrons. The Hall–Kier alpha value is -1.14. The van der Waals surface area contributed by atoms with Crippen LogP contribution in [0.1, 0.15) is 39.5 Å². The van der Waals surface area contributed by atoms with Gasteiger partial charge in [-0.1, -0.05) is 6.92 Å². The van der Waals surface area contributed by atoms with Crippen molar-refractivity contribution in [3.05, 3.63) is 0 Å². The number of carbonyl (C=O) groups is 2. The molecule has 0 aliphatic heterocycles. The zero-order valence-electron chi connectivity index (χ0n) is 13.0. The second kappa shape index (κ2) is 8.21. The van der Waals surface area contributed by atoms with Gasteiger partial charge in [0.2, 0.25) is 5.91 Å². The van der Waals surface area contributed by atoms with Crippen molar-refractivity contribution < 1.29 is 9.59 Å². The van der Waals surface area contributed by atoms with E-state index in [1.807, 2.05) is 14.0 Å². The highest BCUT2D eigenvalue weighted by Gasteiger charge is 2.29. The molecule has 1 aliphatic carbocycles. The van der Waals surface area contributed by atoms with Gasteiger partial charge in [-0.25, -0.2) is 4.79 Å². The molecule has 6 nitrogen and oxygen atoms in total. The van der Waals surface area contributed by atoms with Gasteiger partial charge in [0, 0.05) is 19.1 Å². The zero-order valence-corrected chi connectivity index (χ0v) is 13.0. The van der Waals surface area contributed by atoms with Gasteiger partial charge in [0.15, 0.2) is 0 Å². The lowest BCUT2D eigenvalue weighted by atomic mass is 9.89. The van der Waals surface area contributed by atoms with Crippen molar-refractivity contribution >= 4 is 11.9 Å².